The van der Waals surface area contributed by atoms with E-state index in [1.165, 1.54) is 24.5 Å². The second-order valence-corrected chi connectivity index (χ2v) is 16.1. The van der Waals surface area contributed by atoms with Gasteiger partial charge in [0.05, 0.1) is 17.1 Å². The van der Waals surface area contributed by atoms with Gasteiger partial charge in [-0.1, -0.05) is 32.4 Å². The molecule has 1 fully saturated rings. The molecule has 3 aromatic rings. The van der Waals surface area contributed by atoms with Crippen molar-refractivity contribution in [1.29, 1.82) is 0 Å². The lowest BCUT2D eigenvalue weighted by atomic mass is 9.82. The SMILES string of the molecule is Cc1nnc(-c2cc(Cl)ccc2F)cc1Nc1cc(NC(=O)C2CC(O[Si](C)(C)C(C)(C)C)C2)ncn1. The number of aromatic nitrogens is 4. The van der Waals surface area contributed by atoms with Crippen LogP contribution in [-0.2, 0) is 9.22 Å². The van der Waals surface area contributed by atoms with Crippen molar-refractivity contribution in [3.05, 3.63) is 53.2 Å². The maximum Gasteiger partial charge on any atom is 0.228 e. The van der Waals surface area contributed by atoms with E-state index in [9.17, 15) is 9.18 Å². The second-order valence-electron chi connectivity index (χ2n) is 10.9. The maximum absolute atomic E-state index is 14.3. The van der Waals surface area contributed by atoms with Crippen molar-refractivity contribution in [1.82, 2.24) is 20.2 Å². The predicted molar refractivity (Wildman–Crippen MR) is 146 cm³/mol. The van der Waals surface area contributed by atoms with E-state index in [2.05, 4.69) is 64.7 Å². The van der Waals surface area contributed by atoms with Crippen LogP contribution in [0.2, 0.25) is 23.2 Å². The van der Waals surface area contributed by atoms with Crippen molar-refractivity contribution in [3.63, 3.8) is 0 Å². The Kier molecular flexibility index (Phi) is 7.64. The van der Waals surface area contributed by atoms with Crippen LogP contribution in [0.25, 0.3) is 11.3 Å². The molecular weight excluding hydrogens is 511 g/mol. The molecule has 0 unspecified atom stereocenters. The summed E-state index contributed by atoms with van der Waals surface area (Å²) in [5, 5.41) is 14.8. The number of benzene rings is 1. The smallest absolute Gasteiger partial charge is 0.228 e. The minimum Gasteiger partial charge on any atom is -0.414 e. The first kappa shape index (κ1) is 27.1. The number of carbonyl (C=O) groups excluding carboxylic acids is 1. The van der Waals surface area contributed by atoms with Gasteiger partial charge in [-0.25, -0.2) is 14.4 Å². The van der Waals surface area contributed by atoms with Crippen molar-refractivity contribution in [2.24, 2.45) is 5.92 Å². The van der Waals surface area contributed by atoms with Gasteiger partial charge in [-0.2, -0.15) is 10.2 Å². The summed E-state index contributed by atoms with van der Waals surface area (Å²) in [6.45, 7) is 12.9. The third-order valence-electron chi connectivity index (χ3n) is 7.10. The molecule has 1 amide bonds. The van der Waals surface area contributed by atoms with Crippen molar-refractivity contribution in [2.75, 3.05) is 10.6 Å². The molecule has 1 aliphatic rings. The number of carbonyl (C=O) groups is 1. The largest absolute Gasteiger partial charge is 0.414 e. The fraction of sp³-hybridized carbons (Fsp3) is 0.423. The molecule has 0 bridgehead atoms. The minimum atomic E-state index is -1.85. The Bertz CT molecular complexity index is 1310. The number of aryl methyl sites for hydroxylation is 1. The third kappa shape index (κ3) is 6.31. The average molecular weight is 543 g/mol. The van der Waals surface area contributed by atoms with E-state index >= 15 is 0 Å². The lowest BCUT2D eigenvalue weighted by Crippen LogP contribution is -2.49. The van der Waals surface area contributed by atoms with Gasteiger partial charge in [-0.3, -0.25) is 4.79 Å². The van der Waals surface area contributed by atoms with Gasteiger partial charge in [0.1, 0.15) is 23.8 Å². The van der Waals surface area contributed by atoms with Gasteiger partial charge in [0.15, 0.2) is 8.32 Å². The fourth-order valence-electron chi connectivity index (χ4n) is 3.73. The molecule has 11 heteroatoms. The molecule has 196 valence electrons. The van der Waals surface area contributed by atoms with Gasteiger partial charge in [-0.15, -0.1) is 0 Å². The van der Waals surface area contributed by atoms with E-state index in [1.54, 1.807) is 19.1 Å². The summed E-state index contributed by atoms with van der Waals surface area (Å²) < 4.78 is 20.7. The van der Waals surface area contributed by atoms with Crippen LogP contribution in [0.4, 0.5) is 21.7 Å². The molecule has 8 nitrogen and oxygen atoms in total. The second kappa shape index (κ2) is 10.4. The zero-order valence-electron chi connectivity index (χ0n) is 21.9. The molecule has 1 aliphatic carbocycles. The number of halogens is 2. The number of amides is 1. The summed E-state index contributed by atoms with van der Waals surface area (Å²) in [5.41, 5.74) is 1.76. The first-order valence-electron chi connectivity index (χ1n) is 12.2. The molecule has 4 rings (SSSR count). The molecule has 2 aromatic heterocycles. The normalized spacial score (nSPS) is 17.7. The first-order chi connectivity index (χ1) is 17.3. The quantitative estimate of drug-likeness (QED) is 0.328. The Morgan fingerprint density at radius 1 is 1.11 bits per heavy atom. The van der Waals surface area contributed by atoms with Crippen LogP contribution >= 0.6 is 11.6 Å². The van der Waals surface area contributed by atoms with Crippen LogP contribution in [0.15, 0.2) is 36.7 Å². The Labute approximate surface area is 222 Å². The van der Waals surface area contributed by atoms with Crippen LogP contribution in [-0.4, -0.2) is 40.5 Å². The van der Waals surface area contributed by atoms with Gasteiger partial charge < -0.3 is 15.1 Å². The van der Waals surface area contributed by atoms with E-state index in [4.69, 9.17) is 16.0 Å². The van der Waals surface area contributed by atoms with Gasteiger partial charge in [0, 0.05) is 28.7 Å². The summed E-state index contributed by atoms with van der Waals surface area (Å²) in [6, 6.07) is 7.58. The molecule has 0 radical (unpaired) electrons. The summed E-state index contributed by atoms with van der Waals surface area (Å²) in [4.78, 5) is 21.2. The molecule has 0 saturated heterocycles. The average Bonchev–Trinajstić information content (AvgIpc) is 2.78. The number of nitrogens with zero attached hydrogens (tertiary/aromatic N) is 4. The Morgan fingerprint density at radius 2 is 1.81 bits per heavy atom. The zero-order valence-corrected chi connectivity index (χ0v) is 23.7. The number of hydrogen-bond acceptors (Lipinski definition) is 7. The highest BCUT2D eigenvalue weighted by atomic mass is 35.5. The molecule has 1 saturated carbocycles. The maximum atomic E-state index is 14.3. The molecule has 0 spiro atoms. The van der Waals surface area contributed by atoms with Crippen molar-refractivity contribution in [2.45, 2.75) is 64.8 Å². The van der Waals surface area contributed by atoms with E-state index in [-0.39, 0.29) is 28.5 Å². The number of rotatable bonds is 7. The van der Waals surface area contributed by atoms with Crippen molar-refractivity contribution < 1.29 is 13.6 Å². The lowest BCUT2D eigenvalue weighted by Gasteiger charge is -2.44. The topological polar surface area (TPSA) is 102 Å². The molecule has 37 heavy (non-hydrogen) atoms. The highest BCUT2D eigenvalue weighted by Gasteiger charge is 2.44. The number of hydrogen-bond donors (Lipinski definition) is 2. The fourth-order valence-corrected chi connectivity index (χ4v) is 5.29. The Balaban J connectivity index is 1.40. The van der Waals surface area contributed by atoms with Gasteiger partial charge in [-0.05, 0) is 62.2 Å². The predicted octanol–water partition coefficient (Wildman–Crippen LogP) is 6.52. The minimum absolute atomic E-state index is 0.0831. The third-order valence-corrected chi connectivity index (χ3v) is 11.9. The highest BCUT2D eigenvalue weighted by molar-refractivity contribution is 6.74. The van der Waals surface area contributed by atoms with Crippen molar-refractivity contribution in [3.8, 4) is 11.3 Å². The van der Waals surface area contributed by atoms with Crippen LogP contribution in [0, 0.1) is 18.7 Å². The van der Waals surface area contributed by atoms with E-state index in [0.717, 1.165) is 0 Å². The molecule has 1 aromatic carbocycles. The Hall–Kier alpha value is -2.95. The molecular formula is C26H32ClFN6O2Si. The first-order valence-corrected chi connectivity index (χ1v) is 15.5. The number of anilines is 3. The molecule has 2 N–H and O–H groups in total. The van der Waals surface area contributed by atoms with Crippen LogP contribution < -0.4 is 10.6 Å². The Morgan fingerprint density at radius 3 is 2.51 bits per heavy atom. The zero-order chi connectivity index (χ0) is 27.0. The van der Waals surface area contributed by atoms with Crippen LogP contribution in [0.3, 0.4) is 0 Å². The summed E-state index contributed by atoms with van der Waals surface area (Å²) in [6.07, 6.45) is 2.90. The molecule has 0 aliphatic heterocycles. The van der Waals surface area contributed by atoms with E-state index < -0.39 is 14.1 Å². The van der Waals surface area contributed by atoms with Crippen molar-refractivity contribution >= 4 is 43.1 Å². The lowest BCUT2D eigenvalue weighted by molar-refractivity contribution is -0.125. The monoisotopic (exact) mass is 542 g/mol. The van der Waals surface area contributed by atoms with Crippen LogP contribution in [0.1, 0.15) is 39.3 Å². The van der Waals surface area contributed by atoms with E-state index in [1.807, 2.05) is 0 Å². The molecule has 0 atom stereocenters. The standard InChI is InChI=1S/C26H32ClFN6O2Si/c1-15-21(12-22(34-33-15)19-11-17(27)7-8-20(19)28)31-23-13-24(30-14-29-23)32-25(35)16-9-18(10-16)36-37(5,6)26(2,3)4/h7-8,11-14,16,18H,9-10H2,1-6H3,(H2,29,30,31,32,34,35). The molecule has 2 heterocycles. The van der Waals surface area contributed by atoms with Gasteiger partial charge >= 0.3 is 0 Å². The summed E-state index contributed by atoms with van der Waals surface area (Å²) in [5.74, 6) is 0.195. The van der Waals surface area contributed by atoms with E-state index in [0.29, 0.717) is 46.6 Å². The van der Waals surface area contributed by atoms with Gasteiger partial charge in [0.25, 0.3) is 0 Å². The van der Waals surface area contributed by atoms with Gasteiger partial charge in [0.2, 0.25) is 5.91 Å². The van der Waals surface area contributed by atoms with Crippen LogP contribution in [0.5, 0.6) is 0 Å². The summed E-state index contributed by atoms with van der Waals surface area (Å²) >= 11 is 6.03. The summed E-state index contributed by atoms with van der Waals surface area (Å²) in [7, 11) is -1.85. The highest BCUT2D eigenvalue weighted by Crippen LogP contribution is 2.41. The number of nitrogens with one attached hydrogen (secondary N) is 2.